The fourth-order valence-electron chi connectivity index (χ4n) is 7.51. The van der Waals surface area contributed by atoms with Gasteiger partial charge in [-0.15, -0.1) is 0 Å². The Morgan fingerprint density at radius 2 is 0.740 bits per heavy atom. The summed E-state index contributed by atoms with van der Waals surface area (Å²) in [4.78, 5) is 15.2. The molecule has 0 saturated heterocycles. The Hall–Kier alpha value is -6.71. The quantitative estimate of drug-likeness (QED) is 0.181. The molecule has 0 bridgehead atoms. The molecule has 0 amide bonds. The van der Waals surface area contributed by atoms with Crippen molar-refractivity contribution in [2.75, 3.05) is 0 Å². The number of benzene rings is 9. The first-order valence-electron chi connectivity index (χ1n) is 16.9. The standard InChI is InChI=1S/C47H29N3/c1-2-14-31(15-3-1)45-48-46(50-47(49-45)35-26-25-30-13-4-5-16-32(30)27-35)34-18-12-17-33(28-34)42-29-43-38-21-7-6-19-36(38)37-20-8-10-23-40(37)44(43)41-24-11-9-22-39(41)42/h1-29H. The predicted octanol–water partition coefficient (Wildman–Crippen LogP) is 12.3. The maximum atomic E-state index is 5.11. The predicted molar refractivity (Wildman–Crippen MR) is 209 cm³/mol. The minimum absolute atomic E-state index is 0.644. The third-order valence-corrected chi connectivity index (χ3v) is 9.86. The van der Waals surface area contributed by atoms with E-state index in [2.05, 4.69) is 158 Å². The maximum Gasteiger partial charge on any atom is 0.164 e. The summed E-state index contributed by atoms with van der Waals surface area (Å²) in [7, 11) is 0. The van der Waals surface area contributed by atoms with E-state index in [-0.39, 0.29) is 0 Å². The largest absolute Gasteiger partial charge is 0.208 e. The zero-order valence-electron chi connectivity index (χ0n) is 27.1. The Labute approximate surface area is 289 Å². The Kier molecular flexibility index (Phi) is 6.49. The van der Waals surface area contributed by atoms with Crippen LogP contribution >= 0.6 is 0 Å². The molecule has 50 heavy (non-hydrogen) atoms. The summed E-state index contributed by atoms with van der Waals surface area (Å²) in [6.07, 6.45) is 0. The van der Waals surface area contributed by atoms with Gasteiger partial charge in [0.2, 0.25) is 0 Å². The van der Waals surface area contributed by atoms with E-state index in [1.807, 2.05) is 18.2 Å². The van der Waals surface area contributed by atoms with Crippen molar-refractivity contribution in [3.63, 3.8) is 0 Å². The Morgan fingerprint density at radius 3 is 1.46 bits per heavy atom. The zero-order chi connectivity index (χ0) is 33.0. The molecule has 9 aromatic carbocycles. The Morgan fingerprint density at radius 1 is 0.260 bits per heavy atom. The van der Waals surface area contributed by atoms with E-state index in [1.54, 1.807) is 0 Å². The van der Waals surface area contributed by atoms with Crippen molar-refractivity contribution in [1.29, 1.82) is 0 Å². The molecule has 0 unspecified atom stereocenters. The van der Waals surface area contributed by atoms with Crippen molar-refractivity contribution in [2.45, 2.75) is 0 Å². The number of hydrogen-bond donors (Lipinski definition) is 0. The molecule has 1 aromatic heterocycles. The van der Waals surface area contributed by atoms with Gasteiger partial charge in [0, 0.05) is 16.7 Å². The number of aromatic nitrogens is 3. The summed E-state index contributed by atoms with van der Waals surface area (Å²) in [5, 5.41) is 12.4. The lowest BCUT2D eigenvalue weighted by atomic mass is 9.87. The Bertz CT molecular complexity index is 2930. The molecular weight excluding hydrogens is 607 g/mol. The van der Waals surface area contributed by atoms with E-state index in [4.69, 9.17) is 15.0 Å². The van der Waals surface area contributed by atoms with Gasteiger partial charge in [0.15, 0.2) is 17.5 Å². The molecule has 0 N–H and O–H groups in total. The summed E-state index contributed by atoms with van der Waals surface area (Å²) >= 11 is 0. The minimum Gasteiger partial charge on any atom is -0.208 e. The molecule has 0 radical (unpaired) electrons. The van der Waals surface area contributed by atoms with E-state index in [0.29, 0.717) is 17.5 Å². The molecule has 0 aliphatic carbocycles. The second-order valence-electron chi connectivity index (χ2n) is 12.8. The fraction of sp³-hybridized carbons (Fsp3) is 0. The van der Waals surface area contributed by atoms with Crippen molar-refractivity contribution < 1.29 is 0 Å². The van der Waals surface area contributed by atoms with Crippen LogP contribution in [0.4, 0.5) is 0 Å². The number of rotatable bonds is 4. The highest BCUT2D eigenvalue weighted by Crippen LogP contribution is 2.43. The first-order valence-corrected chi connectivity index (χ1v) is 16.9. The number of hydrogen-bond acceptors (Lipinski definition) is 3. The van der Waals surface area contributed by atoms with Gasteiger partial charge < -0.3 is 0 Å². The van der Waals surface area contributed by atoms with Crippen molar-refractivity contribution in [3.05, 3.63) is 176 Å². The molecule has 0 saturated carbocycles. The van der Waals surface area contributed by atoms with Crippen LogP contribution in [0.15, 0.2) is 176 Å². The van der Waals surface area contributed by atoms with Crippen molar-refractivity contribution in [2.24, 2.45) is 0 Å². The van der Waals surface area contributed by atoms with Crippen LogP contribution < -0.4 is 0 Å². The lowest BCUT2D eigenvalue weighted by molar-refractivity contribution is 1.07. The lowest BCUT2D eigenvalue weighted by Crippen LogP contribution is -2.00. The molecule has 0 spiro atoms. The van der Waals surface area contributed by atoms with E-state index >= 15 is 0 Å². The summed E-state index contributed by atoms with van der Waals surface area (Å²) in [6, 6.07) is 62.3. The van der Waals surface area contributed by atoms with Crippen LogP contribution in [0, 0.1) is 0 Å². The minimum atomic E-state index is 0.644. The van der Waals surface area contributed by atoms with Gasteiger partial charge in [-0.3, -0.25) is 0 Å². The van der Waals surface area contributed by atoms with E-state index < -0.39 is 0 Å². The molecule has 0 aliphatic heterocycles. The van der Waals surface area contributed by atoms with Gasteiger partial charge in [-0.05, 0) is 83.2 Å². The summed E-state index contributed by atoms with van der Waals surface area (Å²) < 4.78 is 0. The third kappa shape index (κ3) is 4.63. The molecule has 0 fully saturated rings. The third-order valence-electron chi connectivity index (χ3n) is 9.86. The second kappa shape index (κ2) is 11.5. The molecule has 3 nitrogen and oxygen atoms in total. The number of fused-ring (bicyclic) bond motifs is 9. The van der Waals surface area contributed by atoms with Crippen LogP contribution in [0.3, 0.4) is 0 Å². The molecule has 10 rings (SSSR count). The highest BCUT2D eigenvalue weighted by atomic mass is 15.0. The molecule has 10 aromatic rings. The van der Waals surface area contributed by atoms with E-state index in [9.17, 15) is 0 Å². The van der Waals surface area contributed by atoms with Crippen LogP contribution in [-0.2, 0) is 0 Å². The summed E-state index contributed by atoms with van der Waals surface area (Å²) in [5.41, 5.74) is 5.15. The SMILES string of the molecule is c1ccc(-c2nc(-c3cccc(-c4cc5c6ccccc6c6ccccc6c5c5ccccc45)c3)nc(-c3ccc4ccccc4c3)n2)cc1. The molecule has 0 atom stereocenters. The van der Waals surface area contributed by atoms with Gasteiger partial charge in [0.1, 0.15) is 0 Å². The molecule has 0 aliphatic rings. The van der Waals surface area contributed by atoms with Gasteiger partial charge in [-0.2, -0.15) is 0 Å². The number of nitrogens with zero attached hydrogens (tertiary/aromatic N) is 3. The fourth-order valence-corrected chi connectivity index (χ4v) is 7.51. The highest BCUT2D eigenvalue weighted by molar-refractivity contribution is 6.33. The van der Waals surface area contributed by atoms with Crippen LogP contribution in [0.25, 0.3) is 99.2 Å². The topological polar surface area (TPSA) is 38.7 Å². The summed E-state index contributed by atoms with van der Waals surface area (Å²) in [6.45, 7) is 0. The maximum absolute atomic E-state index is 5.11. The molecule has 3 heteroatoms. The van der Waals surface area contributed by atoms with Crippen molar-refractivity contribution >= 4 is 53.9 Å². The monoisotopic (exact) mass is 635 g/mol. The van der Waals surface area contributed by atoms with Gasteiger partial charge in [-0.1, -0.05) is 158 Å². The molecule has 232 valence electrons. The van der Waals surface area contributed by atoms with Crippen LogP contribution in [0.2, 0.25) is 0 Å². The van der Waals surface area contributed by atoms with Gasteiger partial charge >= 0.3 is 0 Å². The smallest absolute Gasteiger partial charge is 0.164 e. The van der Waals surface area contributed by atoms with E-state index in [1.165, 1.54) is 54.0 Å². The molecule has 1 heterocycles. The zero-order valence-corrected chi connectivity index (χ0v) is 27.1. The average Bonchev–Trinajstić information content (AvgIpc) is 3.20. The van der Waals surface area contributed by atoms with Crippen LogP contribution in [0.5, 0.6) is 0 Å². The first-order chi connectivity index (χ1) is 24.8. The van der Waals surface area contributed by atoms with E-state index in [0.717, 1.165) is 27.6 Å². The summed E-state index contributed by atoms with van der Waals surface area (Å²) in [5.74, 6) is 1.95. The van der Waals surface area contributed by atoms with Gasteiger partial charge in [0.25, 0.3) is 0 Å². The highest BCUT2D eigenvalue weighted by Gasteiger charge is 2.17. The lowest BCUT2D eigenvalue weighted by Gasteiger charge is -2.16. The van der Waals surface area contributed by atoms with Crippen molar-refractivity contribution in [1.82, 2.24) is 15.0 Å². The first kappa shape index (κ1) is 28.3. The van der Waals surface area contributed by atoms with Gasteiger partial charge in [0.05, 0.1) is 0 Å². The van der Waals surface area contributed by atoms with Crippen LogP contribution in [-0.4, -0.2) is 15.0 Å². The average molecular weight is 636 g/mol. The Balaban J connectivity index is 1.20. The van der Waals surface area contributed by atoms with Gasteiger partial charge in [-0.25, -0.2) is 15.0 Å². The normalized spacial score (nSPS) is 11.6. The molecular formula is C47H29N3. The van der Waals surface area contributed by atoms with Crippen LogP contribution in [0.1, 0.15) is 0 Å². The van der Waals surface area contributed by atoms with Crippen molar-refractivity contribution in [3.8, 4) is 45.3 Å². The second-order valence-corrected chi connectivity index (χ2v) is 12.8.